The van der Waals surface area contributed by atoms with Crippen LogP contribution in [0.2, 0.25) is 0 Å². The van der Waals surface area contributed by atoms with Crippen molar-refractivity contribution in [2.45, 2.75) is 13.8 Å². The van der Waals surface area contributed by atoms with Crippen LogP contribution < -0.4 is 15.0 Å². The standard InChI is InChI=1S/C18H21N7O6/c1-11-12(2)20-17(31-3)16(19-11)21-18(26)23-6-4-22(5-7-23)13-8-14(24(27)28)10-15(9-13)25(29)30/h8-10H,4-7H2,1-3H3,(H,19,21,26). The number of nitrogens with one attached hydrogen (secondary N) is 1. The van der Waals surface area contributed by atoms with Crippen LogP contribution in [0, 0.1) is 34.1 Å². The second kappa shape index (κ2) is 8.77. The number of aryl methyl sites for hydroxylation is 2. The Hall–Kier alpha value is -4.03. The molecule has 1 fully saturated rings. The van der Waals surface area contributed by atoms with E-state index in [0.717, 1.165) is 6.07 Å². The lowest BCUT2D eigenvalue weighted by molar-refractivity contribution is -0.394. The largest absolute Gasteiger partial charge is 0.478 e. The van der Waals surface area contributed by atoms with Gasteiger partial charge in [0.25, 0.3) is 17.3 Å². The number of nitro groups is 2. The second-order valence-corrected chi connectivity index (χ2v) is 6.88. The number of nitro benzene ring substituents is 2. The van der Waals surface area contributed by atoms with Crippen LogP contribution in [0.3, 0.4) is 0 Å². The molecule has 0 saturated carbocycles. The first kappa shape index (κ1) is 21.7. The van der Waals surface area contributed by atoms with Crippen molar-refractivity contribution in [2.75, 3.05) is 43.5 Å². The number of aromatic nitrogens is 2. The first-order valence-electron chi connectivity index (χ1n) is 9.33. The molecule has 0 atom stereocenters. The Kier molecular flexibility index (Phi) is 6.13. The van der Waals surface area contributed by atoms with Crippen molar-refractivity contribution in [1.82, 2.24) is 14.9 Å². The molecule has 0 aliphatic carbocycles. The molecule has 1 aliphatic rings. The number of amides is 2. The number of hydrogen-bond acceptors (Lipinski definition) is 9. The minimum atomic E-state index is -0.668. The molecular formula is C18H21N7O6. The molecule has 0 unspecified atom stereocenters. The fourth-order valence-electron chi connectivity index (χ4n) is 3.13. The second-order valence-electron chi connectivity index (χ2n) is 6.88. The highest BCUT2D eigenvalue weighted by molar-refractivity contribution is 5.89. The third-order valence-corrected chi connectivity index (χ3v) is 4.93. The molecular weight excluding hydrogens is 410 g/mol. The van der Waals surface area contributed by atoms with E-state index in [1.807, 2.05) is 0 Å². The molecule has 1 aromatic carbocycles. The van der Waals surface area contributed by atoms with Gasteiger partial charge in [-0.3, -0.25) is 25.5 Å². The molecule has 164 valence electrons. The van der Waals surface area contributed by atoms with Crippen LogP contribution in [0.5, 0.6) is 5.88 Å². The Morgan fingerprint density at radius 3 is 2.06 bits per heavy atom. The van der Waals surface area contributed by atoms with E-state index in [9.17, 15) is 25.0 Å². The number of nitrogens with zero attached hydrogens (tertiary/aromatic N) is 6. The summed E-state index contributed by atoms with van der Waals surface area (Å²) in [6.07, 6.45) is 0. The van der Waals surface area contributed by atoms with Crippen LogP contribution >= 0.6 is 0 Å². The van der Waals surface area contributed by atoms with Gasteiger partial charge >= 0.3 is 6.03 Å². The van der Waals surface area contributed by atoms with Crippen molar-refractivity contribution < 1.29 is 19.4 Å². The zero-order valence-corrected chi connectivity index (χ0v) is 17.2. The molecule has 1 saturated heterocycles. The maximum Gasteiger partial charge on any atom is 0.323 e. The summed E-state index contributed by atoms with van der Waals surface area (Å²) in [5.41, 5.74) is 1.000. The summed E-state index contributed by atoms with van der Waals surface area (Å²) in [5, 5.41) is 24.9. The number of ether oxygens (including phenoxy) is 1. The van der Waals surface area contributed by atoms with Gasteiger partial charge in [-0.05, 0) is 13.8 Å². The molecule has 13 heteroatoms. The molecule has 31 heavy (non-hydrogen) atoms. The zero-order chi connectivity index (χ0) is 22.7. The average molecular weight is 431 g/mol. The molecule has 0 bridgehead atoms. The first-order chi connectivity index (χ1) is 14.7. The van der Waals surface area contributed by atoms with Crippen LogP contribution in [0.25, 0.3) is 0 Å². The van der Waals surface area contributed by atoms with Crippen molar-refractivity contribution in [3.8, 4) is 5.88 Å². The Balaban J connectivity index is 1.70. The highest BCUT2D eigenvalue weighted by atomic mass is 16.6. The van der Waals surface area contributed by atoms with E-state index >= 15 is 0 Å². The fraction of sp³-hybridized carbons (Fsp3) is 0.389. The Morgan fingerprint density at radius 1 is 1.00 bits per heavy atom. The molecule has 13 nitrogen and oxygen atoms in total. The summed E-state index contributed by atoms with van der Waals surface area (Å²) in [6, 6.07) is 3.11. The minimum absolute atomic E-state index is 0.207. The Labute approximate surface area is 176 Å². The van der Waals surface area contributed by atoms with Crippen LogP contribution in [-0.4, -0.2) is 64.0 Å². The number of rotatable bonds is 5. The lowest BCUT2D eigenvalue weighted by Gasteiger charge is -2.35. The number of benzene rings is 1. The minimum Gasteiger partial charge on any atom is -0.478 e. The summed E-state index contributed by atoms with van der Waals surface area (Å²) in [6.45, 7) is 4.87. The number of anilines is 2. The predicted molar refractivity (Wildman–Crippen MR) is 111 cm³/mol. The van der Waals surface area contributed by atoms with E-state index in [0.29, 0.717) is 43.3 Å². The van der Waals surface area contributed by atoms with Crippen LogP contribution in [-0.2, 0) is 0 Å². The molecule has 2 heterocycles. The van der Waals surface area contributed by atoms with E-state index < -0.39 is 9.85 Å². The third kappa shape index (κ3) is 4.76. The zero-order valence-electron chi connectivity index (χ0n) is 17.2. The summed E-state index contributed by atoms with van der Waals surface area (Å²) in [7, 11) is 1.44. The predicted octanol–water partition coefficient (Wildman–Crippen LogP) is 2.27. The summed E-state index contributed by atoms with van der Waals surface area (Å²) in [4.78, 5) is 45.4. The van der Waals surface area contributed by atoms with Gasteiger partial charge < -0.3 is 14.5 Å². The van der Waals surface area contributed by atoms with Gasteiger partial charge in [0.1, 0.15) is 0 Å². The van der Waals surface area contributed by atoms with E-state index in [2.05, 4.69) is 15.3 Å². The SMILES string of the molecule is COc1nc(C)c(C)nc1NC(=O)N1CCN(c2cc([N+](=O)[O-])cc([N+](=O)[O-])c2)CC1. The van der Waals surface area contributed by atoms with Gasteiger partial charge in [-0.2, -0.15) is 0 Å². The lowest BCUT2D eigenvalue weighted by Crippen LogP contribution is -2.50. The summed E-state index contributed by atoms with van der Waals surface area (Å²) in [5.74, 6) is 0.423. The Bertz CT molecular complexity index is 1000. The quantitative estimate of drug-likeness (QED) is 0.554. The molecule has 2 amide bonds. The average Bonchev–Trinajstić information content (AvgIpc) is 2.75. The van der Waals surface area contributed by atoms with Crippen molar-refractivity contribution >= 4 is 28.9 Å². The van der Waals surface area contributed by atoms with Crippen molar-refractivity contribution in [3.63, 3.8) is 0 Å². The van der Waals surface area contributed by atoms with Gasteiger partial charge in [-0.15, -0.1) is 0 Å². The van der Waals surface area contributed by atoms with Crippen LogP contribution in [0.1, 0.15) is 11.4 Å². The van der Waals surface area contributed by atoms with E-state index in [1.165, 1.54) is 19.2 Å². The van der Waals surface area contributed by atoms with Crippen LogP contribution in [0.15, 0.2) is 18.2 Å². The van der Waals surface area contributed by atoms with Gasteiger partial charge in [0.05, 0.1) is 40.1 Å². The highest BCUT2D eigenvalue weighted by Crippen LogP contribution is 2.29. The van der Waals surface area contributed by atoms with Gasteiger partial charge in [0.2, 0.25) is 0 Å². The Morgan fingerprint density at radius 2 is 1.55 bits per heavy atom. The van der Waals surface area contributed by atoms with E-state index in [1.54, 1.807) is 23.6 Å². The topological polar surface area (TPSA) is 157 Å². The normalized spacial score (nSPS) is 13.6. The molecule has 3 rings (SSSR count). The fourth-order valence-corrected chi connectivity index (χ4v) is 3.13. The van der Waals surface area contributed by atoms with Gasteiger partial charge in [-0.25, -0.2) is 14.8 Å². The number of urea groups is 1. The summed E-state index contributed by atoms with van der Waals surface area (Å²) >= 11 is 0. The number of methoxy groups -OCH3 is 1. The van der Waals surface area contributed by atoms with Gasteiger partial charge in [0, 0.05) is 38.3 Å². The number of hydrogen-bond donors (Lipinski definition) is 1. The number of carbonyl (C=O) groups excluding carboxylic acids is 1. The molecule has 1 aromatic heterocycles. The molecule has 1 aliphatic heterocycles. The smallest absolute Gasteiger partial charge is 0.323 e. The molecule has 1 N–H and O–H groups in total. The monoisotopic (exact) mass is 431 g/mol. The van der Waals surface area contributed by atoms with Crippen molar-refractivity contribution in [1.29, 1.82) is 0 Å². The number of non-ortho nitro benzene ring substituents is 2. The number of carbonyl (C=O) groups is 1. The van der Waals surface area contributed by atoms with Crippen LogP contribution in [0.4, 0.5) is 27.7 Å². The summed E-state index contributed by atoms with van der Waals surface area (Å²) < 4.78 is 5.18. The molecule has 0 radical (unpaired) electrons. The first-order valence-corrected chi connectivity index (χ1v) is 9.33. The molecule has 2 aromatic rings. The van der Waals surface area contributed by atoms with E-state index in [4.69, 9.17) is 4.74 Å². The maximum atomic E-state index is 12.7. The van der Waals surface area contributed by atoms with Gasteiger partial charge in [-0.1, -0.05) is 0 Å². The van der Waals surface area contributed by atoms with Gasteiger partial charge in [0.15, 0.2) is 5.82 Å². The third-order valence-electron chi connectivity index (χ3n) is 4.93. The lowest BCUT2D eigenvalue weighted by atomic mass is 10.2. The highest BCUT2D eigenvalue weighted by Gasteiger charge is 2.26. The van der Waals surface area contributed by atoms with E-state index in [-0.39, 0.29) is 29.1 Å². The van der Waals surface area contributed by atoms with Crippen molar-refractivity contribution in [3.05, 3.63) is 49.8 Å². The number of piperazine rings is 1. The molecule has 0 spiro atoms. The van der Waals surface area contributed by atoms with Crippen molar-refractivity contribution in [2.24, 2.45) is 0 Å². The maximum absolute atomic E-state index is 12.7.